The smallest absolute Gasteiger partial charge is 0.0264 e. The van der Waals surface area contributed by atoms with Gasteiger partial charge in [-0.2, -0.15) is 0 Å². The molecular weight excluding hydrogens is 96.1 g/mol. The summed E-state index contributed by atoms with van der Waals surface area (Å²) in [5, 5.41) is 0. The maximum absolute atomic E-state index is 7.21. The van der Waals surface area contributed by atoms with Crippen molar-refractivity contribution in [2.75, 3.05) is 0 Å². The van der Waals surface area contributed by atoms with Crippen molar-refractivity contribution in [3.8, 4) is 0 Å². The monoisotopic (exact) mass is 114 g/mol. The molecule has 48 valence electrons. The van der Waals surface area contributed by atoms with E-state index in [1.165, 1.54) is 0 Å². The summed E-state index contributed by atoms with van der Waals surface area (Å²) in [6.45, 7) is 5.23. The molecule has 0 bridgehead atoms. The third kappa shape index (κ3) is 5.74. The number of hydrogen-bond donors (Lipinski definition) is 0. The molecule has 0 atom stereocenters. The minimum Gasteiger partial charge on any atom is -0.103 e. The van der Waals surface area contributed by atoms with Gasteiger partial charge < -0.3 is 0 Å². The van der Waals surface area contributed by atoms with Crippen molar-refractivity contribution < 1.29 is 2.74 Å². The van der Waals surface area contributed by atoms with Gasteiger partial charge in [0.15, 0.2) is 0 Å². The fourth-order valence-corrected chi connectivity index (χ4v) is 0.590. The molecule has 0 rings (SSSR count). The molecule has 0 aromatic carbocycles. The Morgan fingerprint density at radius 2 is 2.25 bits per heavy atom. The van der Waals surface area contributed by atoms with Crippen LogP contribution in [0.5, 0.6) is 0 Å². The molecule has 0 aliphatic carbocycles. The summed E-state index contributed by atoms with van der Waals surface area (Å²) < 4.78 is 14.4. The van der Waals surface area contributed by atoms with Gasteiger partial charge in [0.25, 0.3) is 0 Å². The Labute approximate surface area is 55.4 Å². The van der Waals surface area contributed by atoms with Crippen LogP contribution in [0.25, 0.3) is 0 Å². The molecule has 0 nitrogen and oxygen atoms in total. The molecule has 0 aliphatic heterocycles. The van der Waals surface area contributed by atoms with Crippen molar-refractivity contribution in [2.24, 2.45) is 0 Å². The van der Waals surface area contributed by atoms with Gasteiger partial charge in [0, 0.05) is 2.74 Å². The second kappa shape index (κ2) is 6.74. The summed E-state index contributed by atoms with van der Waals surface area (Å²) in [4.78, 5) is 0. The molecular formula is C8H16. The van der Waals surface area contributed by atoms with Crippen molar-refractivity contribution >= 4 is 0 Å². The highest BCUT2D eigenvalue weighted by molar-refractivity contribution is 4.64. The van der Waals surface area contributed by atoms with Crippen LogP contribution in [0, 0.1) is 0 Å². The van der Waals surface area contributed by atoms with Crippen molar-refractivity contribution in [3.05, 3.63) is 12.7 Å². The first kappa shape index (κ1) is 4.60. The van der Waals surface area contributed by atoms with E-state index >= 15 is 0 Å². The zero-order valence-corrected chi connectivity index (χ0v) is 5.61. The average molecular weight is 114 g/mol. The van der Waals surface area contributed by atoms with Gasteiger partial charge in [-0.3, -0.25) is 0 Å². The summed E-state index contributed by atoms with van der Waals surface area (Å²) in [6, 6.07) is 0. The van der Waals surface area contributed by atoms with Gasteiger partial charge in [0.05, 0.1) is 0 Å². The topological polar surface area (TPSA) is 0 Å². The second-order valence-corrected chi connectivity index (χ2v) is 1.89. The van der Waals surface area contributed by atoms with Gasteiger partial charge in [-0.1, -0.05) is 32.2 Å². The molecule has 0 aromatic heterocycles. The molecule has 0 fully saturated rings. The summed E-state index contributed by atoms with van der Waals surface area (Å²) in [7, 11) is 0. The van der Waals surface area contributed by atoms with Gasteiger partial charge in [-0.05, 0) is 12.8 Å². The third-order valence-corrected chi connectivity index (χ3v) is 1.09. The Kier molecular flexibility index (Phi) is 3.88. The first-order valence-electron chi connectivity index (χ1n) is 4.17. The molecule has 0 saturated heterocycles. The Hall–Kier alpha value is -0.260. The van der Waals surface area contributed by atoms with Crippen molar-refractivity contribution in [3.63, 3.8) is 0 Å². The van der Waals surface area contributed by atoms with Crippen LogP contribution in [-0.2, 0) is 0 Å². The van der Waals surface area contributed by atoms with Crippen LogP contribution in [0.3, 0.4) is 0 Å². The zero-order valence-electron chi connectivity index (χ0n) is 7.61. The normalized spacial score (nSPS) is 14.6. The lowest BCUT2D eigenvalue weighted by atomic mass is 10.2. The summed E-state index contributed by atoms with van der Waals surface area (Å²) in [5.74, 6) is 0. The van der Waals surface area contributed by atoms with Crippen LogP contribution in [0.1, 0.15) is 41.7 Å². The van der Waals surface area contributed by atoms with E-state index in [-0.39, 0.29) is 0 Å². The van der Waals surface area contributed by atoms with Crippen molar-refractivity contribution in [2.45, 2.75) is 39.0 Å². The van der Waals surface area contributed by atoms with Crippen LogP contribution in [0.4, 0.5) is 0 Å². The van der Waals surface area contributed by atoms with E-state index in [1.807, 2.05) is 6.08 Å². The van der Waals surface area contributed by atoms with E-state index in [4.69, 9.17) is 2.74 Å². The molecule has 0 unspecified atom stereocenters. The lowest BCUT2D eigenvalue weighted by Crippen LogP contribution is -1.71. The van der Waals surface area contributed by atoms with Crippen LogP contribution >= 0.6 is 0 Å². The van der Waals surface area contributed by atoms with Gasteiger partial charge >= 0.3 is 0 Å². The Bertz CT molecular complexity index is 91.9. The lowest BCUT2D eigenvalue weighted by Gasteiger charge is -1.91. The highest BCUT2D eigenvalue weighted by Crippen LogP contribution is 2.01. The first-order valence-corrected chi connectivity index (χ1v) is 3.17. The van der Waals surface area contributed by atoms with E-state index in [9.17, 15) is 0 Å². The molecule has 0 amide bonds. The minimum absolute atomic E-state index is 0.668. The third-order valence-electron chi connectivity index (χ3n) is 1.09. The number of allylic oxidation sites excluding steroid dienone is 1. The predicted octanol–water partition coefficient (Wildman–Crippen LogP) is 3.14. The Morgan fingerprint density at radius 1 is 1.50 bits per heavy atom. The van der Waals surface area contributed by atoms with Crippen LogP contribution in [-0.4, -0.2) is 0 Å². The number of unbranched alkanes of at least 4 members (excludes halogenated alkanes) is 2. The minimum atomic E-state index is -0.985. The molecule has 0 spiro atoms. The van der Waals surface area contributed by atoms with E-state index in [2.05, 4.69) is 6.58 Å². The highest BCUT2D eigenvalue weighted by atomic mass is 13.9. The van der Waals surface area contributed by atoms with Gasteiger partial charge in [0.2, 0.25) is 0 Å². The highest BCUT2D eigenvalue weighted by Gasteiger charge is 1.81. The molecule has 0 heteroatoms. The Morgan fingerprint density at radius 3 is 2.75 bits per heavy atom. The van der Waals surface area contributed by atoms with Crippen molar-refractivity contribution in [1.29, 1.82) is 0 Å². The molecule has 0 aliphatic rings. The summed E-state index contributed by atoms with van der Waals surface area (Å²) >= 11 is 0. The molecule has 0 N–H and O–H groups in total. The summed E-state index contributed by atoms with van der Waals surface area (Å²) in [5.41, 5.74) is 0. The maximum Gasteiger partial charge on any atom is 0.0264 e. The second-order valence-electron chi connectivity index (χ2n) is 1.89. The van der Waals surface area contributed by atoms with E-state index in [1.54, 1.807) is 6.92 Å². The molecule has 8 heavy (non-hydrogen) atoms. The van der Waals surface area contributed by atoms with E-state index in [0.717, 1.165) is 19.3 Å². The predicted molar refractivity (Wildman–Crippen MR) is 39.0 cm³/mol. The Balaban J connectivity index is 3.12. The molecule has 0 saturated carbocycles. The van der Waals surface area contributed by atoms with Crippen molar-refractivity contribution in [1.82, 2.24) is 0 Å². The fraction of sp³-hybridized carbons (Fsp3) is 0.750. The number of hydrogen-bond acceptors (Lipinski definition) is 0. The average Bonchev–Trinajstić information content (AvgIpc) is 1.78. The lowest BCUT2D eigenvalue weighted by molar-refractivity contribution is 0.675. The molecule has 0 aromatic rings. The molecule has 0 heterocycles. The van der Waals surface area contributed by atoms with Gasteiger partial charge in [-0.25, -0.2) is 0 Å². The molecule has 0 radical (unpaired) electrons. The van der Waals surface area contributed by atoms with Crippen LogP contribution in [0.2, 0.25) is 0 Å². The largest absolute Gasteiger partial charge is 0.103 e. The summed E-state index contributed by atoms with van der Waals surface area (Å²) in [6.07, 6.45) is 4.61. The zero-order chi connectivity index (χ0) is 8.04. The van der Waals surface area contributed by atoms with Gasteiger partial charge in [0.1, 0.15) is 0 Å². The van der Waals surface area contributed by atoms with Gasteiger partial charge in [-0.15, -0.1) is 6.58 Å². The van der Waals surface area contributed by atoms with E-state index < -0.39 is 6.37 Å². The maximum atomic E-state index is 7.21. The van der Waals surface area contributed by atoms with Crippen LogP contribution in [0.15, 0.2) is 12.7 Å². The SMILES string of the molecule is [2H]C([2H])(C)CCCCC=C. The quantitative estimate of drug-likeness (QED) is 0.380. The fourth-order valence-electron chi connectivity index (χ4n) is 0.590. The number of rotatable bonds is 5. The van der Waals surface area contributed by atoms with Crippen LogP contribution < -0.4 is 0 Å². The van der Waals surface area contributed by atoms with E-state index in [0.29, 0.717) is 6.42 Å². The standard InChI is InChI=1S/C8H16/c1-3-5-7-8-6-4-2/h3H,1,4-8H2,2H3/i4D2. The first-order chi connectivity index (χ1) is 4.56.